The molecule has 1 heterocycles. The Bertz CT molecular complexity index is 552. The van der Waals surface area contributed by atoms with Gasteiger partial charge in [0.15, 0.2) is 0 Å². The van der Waals surface area contributed by atoms with E-state index in [1.165, 1.54) is 12.1 Å². The zero-order valence-electron chi connectivity index (χ0n) is 9.62. The van der Waals surface area contributed by atoms with Gasteiger partial charge in [-0.1, -0.05) is 18.2 Å². The smallest absolute Gasteiger partial charge is 0.123 e. The summed E-state index contributed by atoms with van der Waals surface area (Å²) in [5.74, 6) is 0.0948. The first kappa shape index (κ1) is 12.6. The highest BCUT2D eigenvalue weighted by atomic mass is 32.2. The zero-order valence-corrected chi connectivity index (χ0v) is 10.4. The van der Waals surface area contributed by atoms with Crippen molar-refractivity contribution in [2.75, 3.05) is 0 Å². The van der Waals surface area contributed by atoms with E-state index >= 15 is 0 Å². The van der Waals surface area contributed by atoms with Crippen molar-refractivity contribution in [3.05, 3.63) is 71.1 Å². The van der Waals surface area contributed by atoms with E-state index < -0.39 is 10.8 Å². The van der Waals surface area contributed by atoms with Crippen LogP contribution in [0.1, 0.15) is 11.3 Å². The molecule has 1 unspecified atom stereocenters. The molecule has 0 aliphatic carbocycles. The van der Waals surface area contributed by atoms with Gasteiger partial charge in [-0.25, -0.2) is 4.39 Å². The van der Waals surface area contributed by atoms with Crippen LogP contribution in [-0.4, -0.2) is 9.19 Å². The Balaban J connectivity index is 1.97. The van der Waals surface area contributed by atoms with Gasteiger partial charge in [0.25, 0.3) is 0 Å². The van der Waals surface area contributed by atoms with Crippen LogP contribution in [0, 0.1) is 5.82 Å². The molecule has 1 atom stereocenters. The van der Waals surface area contributed by atoms with Gasteiger partial charge in [0.1, 0.15) is 5.82 Å². The van der Waals surface area contributed by atoms with E-state index in [2.05, 4.69) is 4.98 Å². The summed E-state index contributed by atoms with van der Waals surface area (Å²) >= 11 is 0. The molecular weight excluding hydrogens is 249 g/mol. The lowest BCUT2D eigenvalue weighted by atomic mass is 10.2. The molecule has 0 aliphatic heterocycles. The van der Waals surface area contributed by atoms with E-state index in [0.717, 1.165) is 11.3 Å². The highest BCUT2D eigenvalue weighted by Crippen LogP contribution is 2.07. The minimum atomic E-state index is -1.12. The van der Waals surface area contributed by atoms with Crippen molar-refractivity contribution in [1.82, 2.24) is 4.98 Å². The normalized spacial score (nSPS) is 12.7. The van der Waals surface area contributed by atoms with Crippen molar-refractivity contribution >= 4 is 16.9 Å². The van der Waals surface area contributed by atoms with Gasteiger partial charge in [-0.2, -0.15) is 0 Å². The first-order valence-corrected chi connectivity index (χ1v) is 6.83. The van der Waals surface area contributed by atoms with Crippen LogP contribution in [0.4, 0.5) is 4.39 Å². The third kappa shape index (κ3) is 3.89. The summed E-state index contributed by atoms with van der Waals surface area (Å²) in [5, 5.41) is 1.60. The molecule has 0 bridgehead atoms. The van der Waals surface area contributed by atoms with Crippen molar-refractivity contribution in [3.63, 3.8) is 0 Å². The summed E-state index contributed by atoms with van der Waals surface area (Å²) < 4.78 is 24.5. The van der Waals surface area contributed by atoms with Crippen molar-refractivity contribution in [2.24, 2.45) is 0 Å². The number of aromatic nitrogens is 1. The van der Waals surface area contributed by atoms with E-state index in [-0.39, 0.29) is 5.82 Å². The van der Waals surface area contributed by atoms with E-state index in [1.54, 1.807) is 29.8 Å². The second-order valence-corrected chi connectivity index (χ2v) is 5.03. The van der Waals surface area contributed by atoms with Gasteiger partial charge >= 0.3 is 0 Å². The molecule has 1 aromatic heterocycles. The summed E-state index contributed by atoms with van der Waals surface area (Å²) in [5.41, 5.74) is 1.62. The number of hydrogen-bond donors (Lipinski definition) is 0. The van der Waals surface area contributed by atoms with Crippen molar-refractivity contribution < 1.29 is 8.60 Å². The van der Waals surface area contributed by atoms with E-state index in [0.29, 0.717) is 5.75 Å². The lowest BCUT2D eigenvalue weighted by Gasteiger charge is -1.98. The molecule has 0 saturated heterocycles. The molecular formula is C14H12FNOS. The van der Waals surface area contributed by atoms with Crippen LogP contribution in [-0.2, 0) is 16.6 Å². The second-order valence-electron chi connectivity index (χ2n) is 3.71. The van der Waals surface area contributed by atoms with E-state index in [4.69, 9.17) is 0 Å². The molecule has 1 aromatic carbocycles. The molecule has 0 amide bonds. The molecule has 0 N–H and O–H groups in total. The number of pyridine rings is 1. The second kappa shape index (κ2) is 6.21. The van der Waals surface area contributed by atoms with Gasteiger partial charge in [-0.15, -0.1) is 0 Å². The number of benzene rings is 1. The Morgan fingerprint density at radius 1 is 1.17 bits per heavy atom. The quantitative estimate of drug-likeness (QED) is 0.846. The van der Waals surface area contributed by atoms with Gasteiger partial charge in [-0.3, -0.25) is 9.19 Å². The zero-order chi connectivity index (χ0) is 12.8. The molecule has 4 heteroatoms. The maximum absolute atomic E-state index is 12.7. The molecule has 2 rings (SSSR count). The molecule has 92 valence electrons. The Morgan fingerprint density at radius 3 is 2.61 bits per heavy atom. The van der Waals surface area contributed by atoms with Crippen LogP contribution in [0.3, 0.4) is 0 Å². The Morgan fingerprint density at radius 2 is 1.94 bits per heavy atom. The molecule has 0 fully saturated rings. The van der Waals surface area contributed by atoms with Crippen LogP contribution in [0.15, 0.2) is 54.1 Å². The van der Waals surface area contributed by atoms with Crippen LogP contribution >= 0.6 is 0 Å². The third-order valence-electron chi connectivity index (χ3n) is 2.30. The van der Waals surface area contributed by atoms with Crippen LogP contribution in [0.5, 0.6) is 0 Å². The maximum Gasteiger partial charge on any atom is 0.123 e. The Labute approximate surface area is 108 Å². The number of halogens is 1. The topological polar surface area (TPSA) is 30.0 Å². The highest BCUT2D eigenvalue weighted by Gasteiger charge is 1.98. The molecule has 18 heavy (non-hydrogen) atoms. The Kier molecular flexibility index (Phi) is 4.36. The van der Waals surface area contributed by atoms with Gasteiger partial charge < -0.3 is 0 Å². The number of rotatable bonds is 4. The van der Waals surface area contributed by atoms with Crippen molar-refractivity contribution in [2.45, 2.75) is 5.75 Å². The Hall–Kier alpha value is -1.81. The predicted molar refractivity (Wildman–Crippen MR) is 71.5 cm³/mol. The van der Waals surface area contributed by atoms with Crippen LogP contribution < -0.4 is 0 Å². The molecule has 2 aromatic rings. The third-order valence-corrected chi connectivity index (χ3v) is 3.36. The average molecular weight is 261 g/mol. The van der Waals surface area contributed by atoms with E-state index in [1.807, 2.05) is 18.2 Å². The molecule has 0 spiro atoms. The minimum Gasteiger partial charge on any atom is -0.257 e. The number of nitrogens with zero attached hydrogens (tertiary/aromatic N) is 1. The first-order chi connectivity index (χ1) is 8.74. The van der Waals surface area contributed by atoms with Crippen molar-refractivity contribution in [3.8, 4) is 0 Å². The van der Waals surface area contributed by atoms with Crippen LogP contribution in [0.2, 0.25) is 0 Å². The molecule has 0 saturated carbocycles. The van der Waals surface area contributed by atoms with E-state index in [9.17, 15) is 8.60 Å². The van der Waals surface area contributed by atoms with Crippen molar-refractivity contribution in [1.29, 1.82) is 0 Å². The lowest BCUT2D eigenvalue weighted by molar-refractivity contribution is 0.627. The average Bonchev–Trinajstić information content (AvgIpc) is 2.40. The fraction of sp³-hybridized carbons (Fsp3) is 0.0714. The molecule has 0 radical (unpaired) electrons. The van der Waals surface area contributed by atoms with Gasteiger partial charge in [0.2, 0.25) is 0 Å². The molecule has 0 aliphatic rings. The monoisotopic (exact) mass is 261 g/mol. The fourth-order valence-corrected chi connectivity index (χ4v) is 2.32. The predicted octanol–water partition coefficient (Wildman–Crippen LogP) is 3.14. The molecule has 2 nitrogen and oxygen atoms in total. The SMILES string of the molecule is O=S(/C=C/c1ccccn1)Cc1ccc(F)cc1. The lowest BCUT2D eigenvalue weighted by Crippen LogP contribution is -1.91. The van der Waals surface area contributed by atoms with Gasteiger partial charge in [-0.05, 0) is 35.9 Å². The van der Waals surface area contributed by atoms with Gasteiger partial charge in [0.05, 0.1) is 22.2 Å². The summed E-state index contributed by atoms with van der Waals surface area (Å²) in [6, 6.07) is 11.6. The standard InChI is InChI=1S/C14H12FNOS/c15-13-6-4-12(5-7-13)11-18(17)10-8-14-3-1-2-9-16-14/h1-10H,11H2/b10-8+. The minimum absolute atomic E-state index is 0.284. The largest absolute Gasteiger partial charge is 0.257 e. The van der Waals surface area contributed by atoms with Crippen LogP contribution in [0.25, 0.3) is 6.08 Å². The fourth-order valence-electron chi connectivity index (χ4n) is 1.41. The highest BCUT2D eigenvalue weighted by molar-refractivity contribution is 7.87. The van der Waals surface area contributed by atoms with Gasteiger partial charge in [0, 0.05) is 11.6 Å². The maximum atomic E-state index is 12.7. The number of hydrogen-bond acceptors (Lipinski definition) is 2. The summed E-state index contributed by atoms with van der Waals surface area (Å²) in [6.45, 7) is 0. The summed E-state index contributed by atoms with van der Waals surface area (Å²) in [4.78, 5) is 4.10. The first-order valence-electron chi connectivity index (χ1n) is 5.45. The summed E-state index contributed by atoms with van der Waals surface area (Å²) in [6.07, 6.45) is 3.40. The summed E-state index contributed by atoms with van der Waals surface area (Å²) in [7, 11) is -1.12.